The van der Waals surface area contributed by atoms with Gasteiger partial charge < -0.3 is 14.6 Å². The lowest BCUT2D eigenvalue weighted by Crippen LogP contribution is -2.48. The standard InChI is InChI=1S/C13H16O4/c1-2-17-12(15)7-13(8-16-9-13)10-4-3-5-11(14)6-10/h3-6,14H,2,7-9H2,1H3. The minimum absolute atomic E-state index is 0.206. The zero-order valence-electron chi connectivity index (χ0n) is 9.81. The van der Waals surface area contributed by atoms with E-state index in [1.807, 2.05) is 6.07 Å². The summed E-state index contributed by atoms with van der Waals surface area (Å²) >= 11 is 0. The van der Waals surface area contributed by atoms with Gasteiger partial charge in [0.1, 0.15) is 5.75 Å². The maximum absolute atomic E-state index is 11.6. The summed E-state index contributed by atoms with van der Waals surface area (Å²) in [5, 5.41) is 9.48. The highest BCUT2D eigenvalue weighted by atomic mass is 16.5. The molecule has 92 valence electrons. The predicted molar refractivity (Wildman–Crippen MR) is 61.9 cm³/mol. The lowest BCUT2D eigenvalue weighted by atomic mass is 9.76. The van der Waals surface area contributed by atoms with Crippen LogP contribution in [-0.4, -0.2) is 30.9 Å². The molecule has 1 aromatic rings. The van der Waals surface area contributed by atoms with Crippen LogP contribution in [0.1, 0.15) is 18.9 Å². The van der Waals surface area contributed by atoms with Crippen molar-refractivity contribution < 1.29 is 19.4 Å². The van der Waals surface area contributed by atoms with Crippen LogP contribution < -0.4 is 0 Å². The number of aromatic hydroxyl groups is 1. The fourth-order valence-corrected chi connectivity index (χ4v) is 2.04. The Labute approximate surface area is 100 Å². The summed E-state index contributed by atoms with van der Waals surface area (Å²) in [5.41, 5.74) is 0.599. The maximum Gasteiger partial charge on any atom is 0.306 e. The molecule has 1 aromatic carbocycles. The summed E-state index contributed by atoms with van der Waals surface area (Å²) in [6.45, 7) is 3.16. The molecule has 0 bridgehead atoms. The van der Waals surface area contributed by atoms with E-state index < -0.39 is 0 Å². The molecule has 1 saturated heterocycles. The number of carbonyl (C=O) groups excluding carboxylic acids is 1. The highest BCUT2D eigenvalue weighted by molar-refractivity contribution is 5.72. The van der Waals surface area contributed by atoms with E-state index in [1.54, 1.807) is 25.1 Å². The lowest BCUT2D eigenvalue weighted by molar-refractivity contribution is -0.151. The molecule has 17 heavy (non-hydrogen) atoms. The van der Waals surface area contributed by atoms with E-state index in [-0.39, 0.29) is 17.1 Å². The molecule has 1 N–H and O–H groups in total. The molecule has 2 rings (SSSR count). The van der Waals surface area contributed by atoms with Crippen molar-refractivity contribution in [2.24, 2.45) is 0 Å². The van der Waals surface area contributed by atoms with E-state index in [1.165, 1.54) is 0 Å². The van der Waals surface area contributed by atoms with Gasteiger partial charge in [0.2, 0.25) is 0 Å². The van der Waals surface area contributed by atoms with Gasteiger partial charge in [-0.1, -0.05) is 12.1 Å². The first-order valence-corrected chi connectivity index (χ1v) is 5.69. The van der Waals surface area contributed by atoms with Crippen LogP contribution in [0, 0.1) is 0 Å². The molecule has 0 atom stereocenters. The lowest BCUT2D eigenvalue weighted by Gasteiger charge is -2.41. The number of ether oxygens (including phenoxy) is 2. The maximum atomic E-state index is 11.6. The molecule has 0 saturated carbocycles. The Morgan fingerprint density at radius 1 is 1.53 bits per heavy atom. The molecule has 0 aromatic heterocycles. The monoisotopic (exact) mass is 236 g/mol. The number of esters is 1. The normalized spacial score (nSPS) is 17.2. The first kappa shape index (κ1) is 11.9. The van der Waals surface area contributed by atoms with Gasteiger partial charge in [-0.3, -0.25) is 4.79 Å². The van der Waals surface area contributed by atoms with E-state index in [9.17, 15) is 9.90 Å². The molecule has 0 aliphatic carbocycles. The van der Waals surface area contributed by atoms with E-state index >= 15 is 0 Å². The Kier molecular flexibility index (Phi) is 3.33. The summed E-state index contributed by atoms with van der Waals surface area (Å²) in [6, 6.07) is 6.97. The number of hydrogen-bond donors (Lipinski definition) is 1. The van der Waals surface area contributed by atoms with Crippen molar-refractivity contribution in [1.29, 1.82) is 0 Å². The highest BCUT2D eigenvalue weighted by Gasteiger charge is 2.42. The van der Waals surface area contributed by atoms with Gasteiger partial charge in [0.25, 0.3) is 0 Å². The van der Waals surface area contributed by atoms with Gasteiger partial charge in [0.15, 0.2) is 0 Å². The molecular weight excluding hydrogens is 220 g/mol. The fourth-order valence-electron chi connectivity index (χ4n) is 2.04. The Morgan fingerprint density at radius 3 is 2.82 bits per heavy atom. The van der Waals surface area contributed by atoms with Gasteiger partial charge in [0.05, 0.1) is 31.7 Å². The van der Waals surface area contributed by atoms with Crippen LogP contribution >= 0.6 is 0 Å². The molecule has 4 heteroatoms. The van der Waals surface area contributed by atoms with Crippen LogP contribution in [0.25, 0.3) is 0 Å². The fraction of sp³-hybridized carbons (Fsp3) is 0.462. The number of rotatable bonds is 4. The van der Waals surface area contributed by atoms with Gasteiger partial charge in [-0.05, 0) is 24.6 Å². The van der Waals surface area contributed by atoms with E-state index in [2.05, 4.69) is 0 Å². The number of benzene rings is 1. The molecule has 0 amide bonds. The Bertz CT molecular complexity index is 410. The van der Waals surface area contributed by atoms with Crippen molar-refractivity contribution >= 4 is 5.97 Å². The zero-order chi connectivity index (χ0) is 12.3. The van der Waals surface area contributed by atoms with Crippen molar-refractivity contribution in [3.63, 3.8) is 0 Å². The average Bonchev–Trinajstić information content (AvgIpc) is 2.24. The summed E-state index contributed by atoms with van der Waals surface area (Å²) < 4.78 is 10.2. The first-order valence-electron chi connectivity index (χ1n) is 5.69. The third-order valence-corrected chi connectivity index (χ3v) is 3.00. The smallest absolute Gasteiger partial charge is 0.306 e. The van der Waals surface area contributed by atoms with Crippen LogP contribution in [-0.2, 0) is 19.7 Å². The van der Waals surface area contributed by atoms with E-state index in [0.717, 1.165) is 5.56 Å². The van der Waals surface area contributed by atoms with Crippen molar-refractivity contribution in [3.8, 4) is 5.75 Å². The van der Waals surface area contributed by atoms with Gasteiger partial charge in [-0.25, -0.2) is 0 Å². The molecule has 1 aliphatic heterocycles. The SMILES string of the molecule is CCOC(=O)CC1(c2cccc(O)c2)COC1. The van der Waals surface area contributed by atoms with E-state index in [4.69, 9.17) is 9.47 Å². The van der Waals surface area contributed by atoms with Crippen molar-refractivity contribution in [3.05, 3.63) is 29.8 Å². The third-order valence-electron chi connectivity index (χ3n) is 3.00. The first-order chi connectivity index (χ1) is 8.16. The Morgan fingerprint density at radius 2 is 2.29 bits per heavy atom. The number of phenolic OH excluding ortho intramolecular Hbond substituents is 1. The minimum atomic E-state index is -0.328. The van der Waals surface area contributed by atoms with E-state index in [0.29, 0.717) is 26.2 Å². The van der Waals surface area contributed by atoms with Crippen molar-refractivity contribution in [1.82, 2.24) is 0 Å². The number of hydrogen-bond acceptors (Lipinski definition) is 4. The molecular formula is C13H16O4. The van der Waals surface area contributed by atoms with Crippen LogP contribution in [0.5, 0.6) is 5.75 Å². The van der Waals surface area contributed by atoms with Crippen LogP contribution in [0.3, 0.4) is 0 Å². The minimum Gasteiger partial charge on any atom is -0.508 e. The second-order valence-electron chi connectivity index (χ2n) is 4.31. The summed E-state index contributed by atoms with van der Waals surface area (Å²) in [7, 11) is 0. The average molecular weight is 236 g/mol. The van der Waals surface area contributed by atoms with Crippen LogP contribution in [0.4, 0.5) is 0 Å². The van der Waals surface area contributed by atoms with Gasteiger partial charge >= 0.3 is 5.97 Å². The summed E-state index contributed by atoms with van der Waals surface area (Å²) in [4.78, 5) is 11.6. The summed E-state index contributed by atoms with van der Waals surface area (Å²) in [5.74, 6) is -0.0169. The van der Waals surface area contributed by atoms with Gasteiger partial charge in [0, 0.05) is 0 Å². The Hall–Kier alpha value is -1.55. The quantitative estimate of drug-likeness (QED) is 0.807. The molecule has 0 unspecified atom stereocenters. The molecule has 4 nitrogen and oxygen atoms in total. The highest BCUT2D eigenvalue weighted by Crippen LogP contribution is 2.37. The predicted octanol–water partition coefficient (Wildman–Crippen LogP) is 1.61. The number of phenols is 1. The Balaban J connectivity index is 2.17. The van der Waals surface area contributed by atoms with Gasteiger partial charge in [-0.15, -0.1) is 0 Å². The molecule has 0 spiro atoms. The van der Waals surface area contributed by atoms with Crippen molar-refractivity contribution in [2.75, 3.05) is 19.8 Å². The summed E-state index contributed by atoms with van der Waals surface area (Å²) in [6.07, 6.45) is 0.296. The van der Waals surface area contributed by atoms with Crippen LogP contribution in [0.2, 0.25) is 0 Å². The molecule has 1 fully saturated rings. The van der Waals surface area contributed by atoms with Crippen LogP contribution in [0.15, 0.2) is 24.3 Å². The zero-order valence-corrected chi connectivity index (χ0v) is 9.81. The third kappa shape index (κ3) is 2.42. The topological polar surface area (TPSA) is 55.8 Å². The number of carbonyl (C=O) groups is 1. The van der Waals surface area contributed by atoms with Gasteiger partial charge in [-0.2, -0.15) is 0 Å². The second-order valence-corrected chi connectivity index (χ2v) is 4.31. The largest absolute Gasteiger partial charge is 0.508 e. The molecule has 1 heterocycles. The molecule has 0 radical (unpaired) electrons. The van der Waals surface area contributed by atoms with Crippen molar-refractivity contribution in [2.45, 2.75) is 18.8 Å². The second kappa shape index (κ2) is 4.75. The molecule has 1 aliphatic rings.